The molecular formula is C22H23NO5. The summed E-state index contributed by atoms with van der Waals surface area (Å²) in [4.78, 5) is 24.6. The fourth-order valence-electron chi connectivity index (χ4n) is 2.83. The van der Waals surface area contributed by atoms with Gasteiger partial charge in [-0.1, -0.05) is 37.3 Å². The van der Waals surface area contributed by atoms with Crippen LogP contribution in [0.5, 0.6) is 0 Å². The third kappa shape index (κ3) is 4.58. The third-order valence-electron chi connectivity index (χ3n) is 4.31. The minimum atomic E-state index is -0.692. The van der Waals surface area contributed by atoms with Crippen LogP contribution >= 0.6 is 0 Å². The van der Waals surface area contributed by atoms with Gasteiger partial charge in [0.2, 0.25) is 5.76 Å². The molecule has 1 N–H and O–H groups in total. The number of fused-ring (bicyclic) bond motifs is 1. The molecular weight excluding hydrogens is 358 g/mol. The number of rotatable bonds is 8. The maximum atomic E-state index is 12.5. The molecule has 3 aromatic rings. The largest absolute Gasteiger partial charge is 0.450 e. The van der Waals surface area contributed by atoms with E-state index in [1.807, 2.05) is 49.4 Å². The van der Waals surface area contributed by atoms with Gasteiger partial charge < -0.3 is 19.2 Å². The summed E-state index contributed by atoms with van der Waals surface area (Å²) in [5.41, 5.74) is 3.03. The first-order chi connectivity index (χ1) is 13.6. The third-order valence-corrected chi connectivity index (χ3v) is 4.31. The van der Waals surface area contributed by atoms with Gasteiger partial charge >= 0.3 is 5.97 Å². The Hall–Kier alpha value is -3.12. The molecule has 2 aromatic carbocycles. The maximum absolute atomic E-state index is 12.5. The van der Waals surface area contributed by atoms with E-state index in [0.717, 1.165) is 11.8 Å². The number of nitrogens with one attached hydrogen (secondary N) is 1. The molecule has 0 aliphatic carbocycles. The topological polar surface area (TPSA) is 77.8 Å². The summed E-state index contributed by atoms with van der Waals surface area (Å²) in [5, 5.41) is 3.50. The van der Waals surface area contributed by atoms with Gasteiger partial charge in [-0.2, -0.15) is 0 Å². The highest BCUT2D eigenvalue weighted by atomic mass is 16.5. The van der Waals surface area contributed by atoms with Crippen molar-refractivity contribution in [3.05, 3.63) is 65.4 Å². The lowest BCUT2D eigenvalue weighted by Gasteiger charge is -2.07. The zero-order chi connectivity index (χ0) is 19.9. The Kier molecular flexibility index (Phi) is 6.45. The molecule has 28 heavy (non-hydrogen) atoms. The van der Waals surface area contributed by atoms with E-state index in [0.29, 0.717) is 23.4 Å². The van der Waals surface area contributed by atoms with Crippen LogP contribution in [-0.2, 0) is 27.3 Å². The van der Waals surface area contributed by atoms with Crippen molar-refractivity contribution in [1.29, 1.82) is 0 Å². The smallest absolute Gasteiger partial charge is 0.375 e. The average Bonchev–Trinajstić information content (AvgIpc) is 3.09. The molecule has 0 unspecified atom stereocenters. The van der Waals surface area contributed by atoms with Gasteiger partial charge in [0.05, 0.1) is 6.61 Å². The number of carbonyl (C=O) groups is 2. The quantitative estimate of drug-likeness (QED) is 0.588. The van der Waals surface area contributed by atoms with Crippen molar-refractivity contribution in [2.45, 2.75) is 26.9 Å². The van der Waals surface area contributed by atoms with E-state index < -0.39 is 18.5 Å². The molecule has 0 saturated carbocycles. The summed E-state index contributed by atoms with van der Waals surface area (Å²) in [6.45, 7) is 4.27. The van der Waals surface area contributed by atoms with Gasteiger partial charge in [-0.15, -0.1) is 0 Å². The zero-order valence-corrected chi connectivity index (χ0v) is 16.0. The summed E-state index contributed by atoms with van der Waals surface area (Å²) < 4.78 is 16.3. The highest BCUT2D eigenvalue weighted by Crippen LogP contribution is 2.27. The van der Waals surface area contributed by atoms with E-state index in [-0.39, 0.29) is 12.4 Å². The normalized spacial score (nSPS) is 10.8. The van der Waals surface area contributed by atoms with Crippen LogP contribution in [0.3, 0.4) is 0 Å². The Bertz CT molecular complexity index is 959. The van der Waals surface area contributed by atoms with E-state index in [4.69, 9.17) is 13.9 Å². The molecule has 3 rings (SSSR count). The standard InChI is InChI=1S/C22H23NO5/c1-3-15-9-11-16(12-10-15)23-20(24)14-27-22(25)21-18(13-26-4-2)17-7-5-6-8-19(17)28-21/h5-12H,3-4,13-14H2,1-2H3,(H,23,24). The molecule has 1 amide bonds. The zero-order valence-electron chi connectivity index (χ0n) is 16.0. The monoisotopic (exact) mass is 381 g/mol. The van der Waals surface area contributed by atoms with Crippen LogP contribution in [0.15, 0.2) is 52.9 Å². The summed E-state index contributed by atoms with van der Waals surface area (Å²) in [6.07, 6.45) is 0.924. The molecule has 0 aliphatic rings. The predicted octanol–water partition coefficient (Wildman–Crippen LogP) is 4.33. The molecule has 0 fully saturated rings. The van der Waals surface area contributed by atoms with Gasteiger partial charge in [-0.05, 0) is 37.1 Å². The lowest BCUT2D eigenvalue weighted by atomic mass is 10.1. The molecule has 0 bridgehead atoms. The number of anilines is 1. The number of hydrogen-bond acceptors (Lipinski definition) is 5. The molecule has 0 atom stereocenters. The molecule has 0 saturated heterocycles. The van der Waals surface area contributed by atoms with Gasteiger partial charge in [0, 0.05) is 23.2 Å². The number of hydrogen-bond donors (Lipinski definition) is 1. The second-order valence-electron chi connectivity index (χ2n) is 6.22. The van der Waals surface area contributed by atoms with E-state index in [9.17, 15) is 9.59 Å². The van der Waals surface area contributed by atoms with E-state index in [2.05, 4.69) is 12.2 Å². The van der Waals surface area contributed by atoms with Crippen molar-refractivity contribution in [1.82, 2.24) is 0 Å². The summed E-state index contributed by atoms with van der Waals surface area (Å²) in [7, 11) is 0. The fraction of sp³-hybridized carbons (Fsp3) is 0.273. The summed E-state index contributed by atoms with van der Waals surface area (Å²) in [5.74, 6) is -1.04. The van der Waals surface area contributed by atoms with Crippen LogP contribution in [0.1, 0.15) is 35.5 Å². The minimum absolute atomic E-state index is 0.0646. The SMILES string of the molecule is CCOCc1c(C(=O)OCC(=O)Nc2ccc(CC)cc2)oc2ccccc12. The predicted molar refractivity (Wildman–Crippen MR) is 106 cm³/mol. The van der Waals surface area contributed by atoms with E-state index >= 15 is 0 Å². The number of amides is 1. The molecule has 1 aromatic heterocycles. The van der Waals surface area contributed by atoms with Crippen LogP contribution < -0.4 is 5.32 Å². The molecule has 0 spiro atoms. The van der Waals surface area contributed by atoms with Crippen LogP contribution in [0.2, 0.25) is 0 Å². The van der Waals surface area contributed by atoms with Crippen LogP contribution in [0.25, 0.3) is 11.0 Å². The molecule has 6 heteroatoms. The summed E-state index contributed by atoms with van der Waals surface area (Å²) >= 11 is 0. The molecule has 1 heterocycles. The van der Waals surface area contributed by atoms with Gasteiger partial charge in [0.25, 0.3) is 5.91 Å². The number of furan rings is 1. The lowest BCUT2D eigenvalue weighted by molar-refractivity contribution is -0.119. The van der Waals surface area contributed by atoms with Gasteiger partial charge in [-0.3, -0.25) is 4.79 Å². The van der Waals surface area contributed by atoms with Crippen molar-refractivity contribution in [3.8, 4) is 0 Å². The Morgan fingerprint density at radius 3 is 2.50 bits per heavy atom. The average molecular weight is 381 g/mol. The first-order valence-electron chi connectivity index (χ1n) is 9.26. The number of aryl methyl sites for hydroxylation is 1. The van der Waals surface area contributed by atoms with Crippen molar-refractivity contribution in [2.24, 2.45) is 0 Å². The van der Waals surface area contributed by atoms with Crippen molar-refractivity contribution in [2.75, 3.05) is 18.5 Å². The Labute approximate surface area is 163 Å². The van der Waals surface area contributed by atoms with E-state index in [1.165, 1.54) is 5.56 Å². The van der Waals surface area contributed by atoms with Crippen molar-refractivity contribution >= 4 is 28.5 Å². The highest BCUT2D eigenvalue weighted by molar-refractivity contribution is 5.98. The second kappa shape index (κ2) is 9.19. The summed E-state index contributed by atoms with van der Waals surface area (Å²) in [6, 6.07) is 14.8. The van der Waals surface area contributed by atoms with Crippen LogP contribution in [-0.4, -0.2) is 25.1 Å². The molecule has 146 valence electrons. The number of ether oxygens (including phenoxy) is 2. The highest BCUT2D eigenvalue weighted by Gasteiger charge is 2.22. The second-order valence-corrected chi connectivity index (χ2v) is 6.22. The van der Waals surface area contributed by atoms with Gasteiger partial charge in [0.1, 0.15) is 5.58 Å². The first-order valence-corrected chi connectivity index (χ1v) is 9.26. The van der Waals surface area contributed by atoms with Crippen LogP contribution in [0, 0.1) is 0 Å². The Morgan fingerprint density at radius 1 is 1.04 bits per heavy atom. The Morgan fingerprint density at radius 2 is 1.79 bits per heavy atom. The number of carbonyl (C=O) groups excluding carboxylic acids is 2. The van der Waals surface area contributed by atoms with E-state index in [1.54, 1.807) is 6.07 Å². The first kappa shape index (κ1) is 19.6. The molecule has 6 nitrogen and oxygen atoms in total. The Balaban J connectivity index is 1.66. The number of esters is 1. The number of para-hydroxylation sites is 1. The van der Waals surface area contributed by atoms with Crippen LogP contribution in [0.4, 0.5) is 5.69 Å². The van der Waals surface area contributed by atoms with Crippen molar-refractivity contribution in [3.63, 3.8) is 0 Å². The maximum Gasteiger partial charge on any atom is 0.375 e. The lowest BCUT2D eigenvalue weighted by Crippen LogP contribution is -2.21. The van der Waals surface area contributed by atoms with Gasteiger partial charge in [0.15, 0.2) is 6.61 Å². The number of benzene rings is 2. The minimum Gasteiger partial charge on any atom is -0.450 e. The fourth-order valence-corrected chi connectivity index (χ4v) is 2.83. The molecule has 0 radical (unpaired) electrons. The van der Waals surface area contributed by atoms with Gasteiger partial charge in [-0.25, -0.2) is 4.79 Å². The van der Waals surface area contributed by atoms with Crippen molar-refractivity contribution < 1.29 is 23.5 Å². The molecule has 0 aliphatic heterocycles.